The lowest BCUT2D eigenvalue weighted by Crippen LogP contribution is -2.63. The van der Waals surface area contributed by atoms with Crippen molar-refractivity contribution >= 4 is 110 Å². The molecule has 0 radical (unpaired) electrons. The molecule has 2 nitrogen and oxygen atoms in total. The number of benzene rings is 5. The normalized spacial score (nSPS) is 16.2. The van der Waals surface area contributed by atoms with E-state index in [-0.39, 0.29) is 6.71 Å². The second-order valence-electron chi connectivity index (χ2n) is 21.1. The number of nitrogens with zero attached hydrogens (tertiary/aromatic N) is 2. The molecule has 0 amide bonds. The van der Waals surface area contributed by atoms with Crippen LogP contribution in [0.1, 0.15) is 43.6 Å². The van der Waals surface area contributed by atoms with Crippen LogP contribution in [0.2, 0.25) is 78.6 Å². The number of hydrogen-bond acceptors (Lipinski definition) is 2. The van der Waals surface area contributed by atoms with Gasteiger partial charge < -0.3 is 9.80 Å². The highest BCUT2D eigenvalue weighted by Crippen LogP contribution is 2.46. The van der Waals surface area contributed by atoms with E-state index in [9.17, 15) is 0 Å². The number of rotatable bonds is 7. The van der Waals surface area contributed by atoms with Crippen LogP contribution in [0.15, 0.2) is 97.1 Å². The zero-order valence-electron chi connectivity index (χ0n) is 35.8. The van der Waals surface area contributed by atoms with Crippen LogP contribution in [0.3, 0.4) is 0 Å². The first-order valence-electron chi connectivity index (χ1n) is 21.1. The maximum absolute atomic E-state index is 2.67. The van der Waals surface area contributed by atoms with Crippen molar-refractivity contribution in [3.05, 3.63) is 103 Å². The van der Waals surface area contributed by atoms with Crippen LogP contribution in [0, 0.1) is 0 Å². The van der Waals surface area contributed by atoms with Crippen LogP contribution >= 0.6 is 0 Å². The first-order chi connectivity index (χ1) is 25.8. The molecule has 5 aromatic carbocycles. The van der Waals surface area contributed by atoms with E-state index in [0.717, 1.165) is 0 Å². The minimum Gasteiger partial charge on any atom is -0.311 e. The van der Waals surface area contributed by atoms with Crippen LogP contribution in [-0.2, 0) is 0 Å². The molecule has 0 bridgehead atoms. The fourth-order valence-corrected chi connectivity index (χ4v) is 14.1. The Hall–Kier alpha value is -3.37. The third-order valence-corrected chi connectivity index (χ3v) is 21.1. The van der Waals surface area contributed by atoms with Crippen molar-refractivity contribution in [2.45, 2.75) is 117 Å². The molecule has 8 rings (SSSR count). The minimum absolute atomic E-state index is 0.165. The average Bonchev–Trinajstić information content (AvgIpc) is 3.13. The topological polar surface area (TPSA) is 6.48 Å². The molecule has 55 heavy (non-hydrogen) atoms. The molecule has 0 saturated heterocycles. The lowest BCUT2D eigenvalue weighted by molar-refractivity contribution is 0.444. The highest BCUT2D eigenvalue weighted by molar-refractivity contribution is 7.01. The van der Waals surface area contributed by atoms with Gasteiger partial charge in [-0.2, -0.15) is 0 Å². The van der Waals surface area contributed by atoms with Gasteiger partial charge in [-0.15, -0.1) is 0 Å². The first-order valence-corrected chi connectivity index (χ1v) is 35.1. The molecular formula is C48H63BN2Si4. The third kappa shape index (κ3) is 7.02. The summed E-state index contributed by atoms with van der Waals surface area (Å²) in [5.41, 5.74) is 13.9. The maximum atomic E-state index is 2.67. The largest absolute Gasteiger partial charge is 0.311 e. The Morgan fingerprint density at radius 1 is 0.418 bits per heavy atom. The Kier molecular flexibility index (Phi) is 9.55. The Labute approximate surface area is 337 Å². The minimum atomic E-state index is -1.62. The van der Waals surface area contributed by atoms with E-state index in [1.807, 2.05) is 0 Å². The van der Waals surface area contributed by atoms with E-state index in [2.05, 4.69) is 185 Å². The zero-order valence-corrected chi connectivity index (χ0v) is 39.8. The summed E-state index contributed by atoms with van der Waals surface area (Å²) in [5.74, 6) is 0.590. The van der Waals surface area contributed by atoms with Crippen LogP contribution in [0.5, 0.6) is 0 Å². The van der Waals surface area contributed by atoms with Gasteiger partial charge in [0.1, 0.15) is 0 Å². The van der Waals surface area contributed by atoms with E-state index in [4.69, 9.17) is 0 Å². The van der Waals surface area contributed by atoms with Crippen molar-refractivity contribution in [3.8, 4) is 0 Å². The Bertz CT molecular complexity index is 2100. The predicted molar refractivity (Wildman–Crippen MR) is 258 cm³/mol. The van der Waals surface area contributed by atoms with Gasteiger partial charge in [0.05, 0.1) is 32.3 Å². The Balaban J connectivity index is 1.47. The average molecular weight is 791 g/mol. The fourth-order valence-electron chi connectivity index (χ4n) is 9.41. The summed E-state index contributed by atoms with van der Waals surface area (Å²) in [6, 6.07) is 39.9. The van der Waals surface area contributed by atoms with Crippen molar-refractivity contribution in [3.63, 3.8) is 0 Å². The van der Waals surface area contributed by atoms with E-state index in [1.165, 1.54) is 109 Å². The second kappa shape index (κ2) is 13.6. The molecule has 1 aliphatic carbocycles. The molecule has 1 fully saturated rings. The van der Waals surface area contributed by atoms with E-state index < -0.39 is 32.3 Å². The molecule has 2 aliphatic heterocycles. The molecule has 0 aromatic heterocycles. The number of hydrogen-bond donors (Lipinski definition) is 0. The summed E-state index contributed by atoms with van der Waals surface area (Å²) in [6.07, 6.45) is 6.58. The van der Waals surface area contributed by atoms with Gasteiger partial charge in [-0.25, -0.2) is 0 Å². The fraction of sp³-hybridized carbons (Fsp3) is 0.375. The molecule has 5 aromatic rings. The van der Waals surface area contributed by atoms with Crippen LogP contribution in [-0.4, -0.2) is 39.0 Å². The quantitative estimate of drug-likeness (QED) is 0.149. The monoisotopic (exact) mass is 790 g/mol. The van der Waals surface area contributed by atoms with Crippen molar-refractivity contribution < 1.29 is 0 Å². The smallest absolute Gasteiger partial charge is 0.252 e. The molecule has 0 spiro atoms. The number of anilines is 6. The van der Waals surface area contributed by atoms with Gasteiger partial charge in [-0.05, 0) is 89.2 Å². The van der Waals surface area contributed by atoms with Crippen LogP contribution < -0.4 is 46.9 Å². The molecule has 284 valence electrons. The van der Waals surface area contributed by atoms with Gasteiger partial charge in [0.2, 0.25) is 0 Å². The molecule has 7 heteroatoms. The second-order valence-corrected chi connectivity index (χ2v) is 41.4. The predicted octanol–water partition coefficient (Wildman–Crippen LogP) is 10.00. The van der Waals surface area contributed by atoms with E-state index in [0.29, 0.717) is 5.92 Å². The maximum Gasteiger partial charge on any atom is 0.252 e. The summed E-state index contributed by atoms with van der Waals surface area (Å²) < 4.78 is 0. The summed E-state index contributed by atoms with van der Waals surface area (Å²) in [7, 11) is -6.16. The van der Waals surface area contributed by atoms with Gasteiger partial charge in [0.25, 0.3) is 6.71 Å². The van der Waals surface area contributed by atoms with Crippen molar-refractivity contribution in [2.24, 2.45) is 0 Å². The van der Waals surface area contributed by atoms with Gasteiger partial charge in [0.15, 0.2) is 0 Å². The standard InChI is InChI=1S/C48H63BN2Si4/c1-52(2,3)38-22-18-36(19-23-38)50-44-28-26-40(54(7,8)9)32-42(44)49-43-33-41(55(10,11)12)27-29-45(43)51(37-20-24-39(25-21-37)53(4,5)6)47-31-35(30-46(50)48(47)49)34-16-14-13-15-17-34/h18-34H,13-17H2,1-12H3. The third-order valence-electron chi connectivity index (χ3n) is 12.9. The van der Waals surface area contributed by atoms with Gasteiger partial charge in [-0.3, -0.25) is 0 Å². The van der Waals surface area contributed by atoms with Gasteiger partial charge in [-0.1, -0.05) is 167 Å². The zero-order chi connectivity index (χ0) is 39.2. The van der Waals surface area contributed by atoms with E-state index >= 15 is 0 Å². The van der Waals surface area contributed by atoms with Crippen molar-refractivity contribution in [2.75, 3.05) is 9.80 Å². The lowest BCUT2D eigenvalue weighted by atomic mass is 9.33. The molecule has 1 saturated carbocycles. The Morgan fingerprint density at radius 3 is 1.15 bits per heavy atom. The molecule has 0 N–H and O–H groups in total. The first kappa shape index (κ1) is 38.5. The number of fused-ring (bicyclic) bond motifs is 4. The van der Waals surface area contributed by atoms with Gasteiger partial charge in [0, 0.05) is 34.1 Å². The van der Waals surface area contributed by atoms with Crippen molar-refractivity contribution in [1.29, 1.82) is 0 Å². The summed E-state index contributed by atoms with van der Waals surface area (Å²) in [4.78, 5) is 5.33. The lowest BCUT2D eigenvalue weighted by Gasteiger charge is -2.45. The van der Waals surface area contributed by atoms with Gasteiger partial charge >= 0.3 is 0 Å². The van der Waals surface area contributed by atoms with Crippen LogP contribution in [0.4, 0.5) is 34.1 Å². The Morgan fingerprint density at radius 2 is 0.782 bits per heavy atom. The molecule has 0 unspecified atom stereocenters. The SMILES string of the molecule is C[Si](C)(C)c1ccc(N2c3ccc([Si](C)(C)C)cc3B3c4cc([Si](C)(C)C)ccc4N(c4ccc([Si](C)(C)C)cc4)c4cc(C5CCCCC5)cc2c43)cc1. The highest BCUT2D eigenvalue weighted by Gasteiger charge is 2.45. The molecule has 2 heterocycles. The summed E-state index contributed by atoms with van der Waals surface area (Å²) in [5, 5.41) is 6.10. The molecule has 0 atom stereocenters. The molecular weight excluding hydrogens is 728 g/mol. The summed E-state index contributed by atoms with van der Waals surface area (Å²) in [6.45, 7) is 30.0. The molecule has 3 aliphatic rings. The van der Waals surface area contributed by atoms with E-state index in [1.54, 1.807) is 0 Å². The summed E-state index contributed by atoms with van der Waals surface area (Å²) >= 11 is 0. The van der Waals surface area contributed by atoms with Crippen molar-refractivity contribution in [1.82, 2.24) is 0 Å². The van der Waals surface area contributed by atoms with Crippen LogP contribution in [0.25, 0.3) is 0 Å². The highest BCUT2D eigenvalue weighted by atomic mass is 28.3.